The van der Waals surface area contributed by atoms with Crippen molar-refractivity contribution in [1.29, 1.82) is 0 Å². The highest BCUT2D eigenvalue weighted by Gasteiger charge is 2.36. The number of rotatable bonds is 6. The molecular formula is C28H36FNO3. The van der Waals surface area contributed by atoms with Gasteiger partial charge in [-0.2, -0.15) is 0 Å². The van der Waals surface area contributed by atoms with Crippen LogP contribution >= 0.6 is 0 Å². The minimum absolute atomic E-state index is 0.00569. The third kappa shape index (κ3) is 6.35. The molecule has 2 aromatic carbocycles. The third-order valence-corrected chi connectivity index (χ3v) is 6.17. The topological polar surface area (TPSA) is 38.8 Å². The summed E-state index contributed by atoms with van der Waals surface area (Å²) in [4.78, 5) is 15.0. The molecule has 2 fully saturated rings. The summed E-state index contributed by atoms with van der Waals surface area (Å²) in [5, 5.41) is 0. The van der Waals surface area contributed by atoms with Gasteiger partial charge >= 0.3 is 5.97 Å². The molecule has 1 saturated carbocycles. The zero-order valence-corrected chi connectivity index (χ0v) is 20.5. The van der Waals surface area contributed by atoms with E-state index in [1.807, 2.05) is 6.07 Å². The highest BCUT2D eigenvalue weighted by atomic mass is 19.1. The van der Waals surface area contributed by atoms with Gasteiger partial charge in [-0.1, -0.05) is 44.2 Å². The summed E-state index contributed by atoms with van der Waals surface area (Å²) < 4.78 is 26.9. The van der Waals surface area contributed by atoms with Gasteiger partial charge in [0.25, 0.3) is 0 Å². The number of esters is 1. The van der Waals surface area contributed by atoms with Crippen LogP contribution in [0.4, 0.5) is 4.39 Å². The molecule has 0 radical (unpaired) electrons. The van der Waals surface area contributed by atoms with E-state index in [0.29, 0.717) is 11.7 Å². The van der Waals surface area contributed by atoms with Crippen LogP contribution < -0.4 is 4.74 Å². The summed E-state index contributed by atoms with van der Waals surface area (Å²) in [5.41, 5.74) is 1.62. The van der Waals surface area contributed by atoms with Crippen molar-refractivity contribution in [2.45, 2.75) is 78.0 Å². The Morgan fingerprint density at radius 3 is 2.48 bits per heavy atom. The fraction of sp³-hybridized carbons (Fsp3) is 0.536. The largest absolute Gasteiger partial charge is 0.489 e. The molecule has 0 bridgehead atoms. The number of hydrogen-bond acceptors (Lipinski definition) is 4. The van der Waals surface area contributed by atoms with Crippen molar-refractivity contribution in [2.24, 2.45) is 5.41 Å². The molecule has 33 heavy (non-hydrogen) atoms. The summed E-state index contributed by atoms with van der Waals surface area (Å²) in [5.74, 6) is -0.315. The number of nitrogens with zero attached hydrogens (tertiary/aromatic N) is 1. The Morgan fingerprint density at radius 1 is 1.15 bits per heavy atom. The van der Waals surface area contributed by atoms with Gasteiger partial charge in [0.05, 0.1) is 5.56 Å². The Bertz CT molecular complexity index is 992. The van der Waals surface area contributed by atoms with Crippen molar-refractivity contribution < 1.29 is 18.7 Å². The first-order chi connectivity index (χ1) is 15.5. The first-order valence-corrected chi connectivity index (χ1v) is 12.0. The Labute approximate surface area is 197 Å². The van der Waals surface area contributed by atoms with Crippen LogP contribution in [0, 0.1) is 11.2 Å². The van der Waals surface area contributed by atoms with E-state index in [4.69, 9.17) is 9.47 Å². The van der Waals surface area contributed by atoms with E-state index < -0.39 is 17.4 Å². The summed E-state index contributed by atoms with van der Waals surface area (Å²) in [7, 11) is 0. The van der Waals surface area contributed by atoms with E-state index in [0.717, 1.165) is 44.5 Å². The lowest BCUT2D eigenvalue weighted by molar-refractivity contribution is 0.00641. The minimum atomic E-state index is -0.672. The molecule has 178 valence electrons. The molecular weight excluding hydrogens is 417 g/mol. The second-order valence-electron chi connectivity index (χ2n) is 11.4. The van der Waals surface area contributed by atoms with E-state index in [2.05, 4.69) is 43.0 Å². The van der Waals surface area contributed by atoms with E-state index in [9.17, 15) is 4.79 Å². The number of carbonyl (C=O) groups is 1. The van der Waals surface area contributed by atoms with Gasteiger partial charge in [-0.15, -0.1) is 0 Å². The van der Waals surface area contributed by atoms with E-state index >= 15 is 4.39 Å². The number of halogens is 1. The van der Waals surface area contributed by atoms with Gasteiger partial charge in [-0.05, 0) is 68.6 Å². The summed E-state index contributed by atoms with van der Waals surface area (Å²) in [6.45, 7) is 12.5. The molecule has 4 rings (SSSR count). The van der Waals surface area contributed by atoms with Gasteiger partial charge in [0, 0.05) is 25.7 Å². The Balaban J connectivity index is 1.54. The molecule has 0 N–H and O–H groups in total. The number of benzene rings is 2. The van der Waals surface area contributed by atoms with Crippen LogP contribution in [-0.2, 0) is 11.3 Å². The first-order valence-electron chi connectivity index (χ1n) is 12.0. The van der Waals surface area contributed by atoms with Crippen molar-refractivity contribution in [3.8, 4) is 5.75 Å². The molecule has 1 atom stereocenters. The molecule has 1 aliphatic carbocycles. The van der Waals surface area contributed by atoms with Crippen LogP contribution in [0.1, 0.15) is 81.3 Å². The summed E-state index contributed by atoms with van der Waals surface area (Å²) in [6.07, 6.45) is 2.93. The molecule has 5 heteroatoms. The Kier molecular flexibility index (Phi) is 6.54. The van der Waals surface area contributed by atoms with Crippen LogP contribution in [0.15, 0.2) is 42.5 Å². The molecule has 2 aliphatic rings. The van der Waals surface area contributed by atoms with Gasteiger partial charge in [0.15, 0.2) is 0 Å². The van der Waals surface area contributed by atoms with Crippen molar-refractivity contribution in [1.82, 2.24) is 4.90 Å². The SMILES string of the molecule is CC1(C)CC(Oc2cc(F)c(C(=O)OC(C)(C)C)cc2C2CC2)CN(Cc2ccccc2)C1. The molecule has 4 nitrogen and oxygen atoms in total. The average molecular weight is 454 g/mol. The molecule has 0 aromatic heterocycles. The monoisotopic (exact) mass is 453 g/mol. The molecule has 1 heterocycles. The number of hydrogen-bond donors (Lipinski definition) is 0. The number of carbonyl (C=O) groups excluding carboxylic acids is 1. The lowest BCUT2D eigenvalue weighted by Gasteiger charge is -2.42. The first kappa shape index (κ1) is 23.7. The minimum Gasteiger partial charge on any atom is -0.489 e. The maximum absolute atomic E-state index is 15.0. The van der Waals surface area contributed by atoms with Crippen LogP contribution in [0.5, 0.6) is 5.75 Å². The number of ether oxygens (including phenoxy) is 2. The normalized spacial score (nSPS) is 21.0. The van der Waals surface area contributed by atoms with Gasteiger partial charge in [0.2, 0.25) is 0 Å². The van der Waals surface area contributed by atoms with Crippen LogP contribution in [0.25, 0.3) is 0 Å². The average Bonchev–Trinajstić information content (AvgIpc) is 3.51. The van der Waals surface area contributed by atoms with Gasteiger partial charge in [0.1, 0.15) is 23.3 Å². The molecule has 1 saturated heterocycles. The smallest absolute Gasteiger partial charge is 0.341 e. The summed E-state index contributed by atoms with van der Waals surface area (Å²) >= 11 is 0. The standard InChI is InChI=1S/C28H36FNO3/c1-27(2,3)33-26(31)23-13-22(20-11-12-20)25(14-24(23)29)32-21-15-28(4,5)18-30(17-21)16-19-9-7-6-8-10-19/h6-10,13-14,20-21H,11-12,15-18H2,1-5H3. The predicted molar refractivity (Wildman–Crippen MR) is 128 cm³/mol. The molecule has 2 aromatic rings. The van der Waals surface area contributed by atoms with E-state index in [1.54, 1.807) is 26.8 Å². The number of likely N-dealkylation sites (tertiary alicyclic amines) is 1. The predicted octanol–water partition coefficient (Wildman–Crippen LogP) is 6.34. The second kappa shape index (κ2) is 9.09. The Morgan fingerprint density at radius 2 is 1.85 bits per heavy atom. The second-order valence-corrected chi connectivity index (χ2v) is 11.4. The van der Waals surface area contributed by atoms with E-state index in [1.165, 1.54) is 11.6 Å². The lowest BCUT2D eigenvalue weighted by Crippen LogP contribution is -2.48. The zero-order chi connectivity index (χ0) is 23.8. The molecule has 1 unspecified atom stereocenters. The fourth-order valence-electron chi connectivity index (χ4n) is 4.80. The van der Waals surface area contributed by atoms with Gasteiger partial charge in [-0.3, -0.25) is 4.90 Å². The fourth-order valence-corrected chi connectivity index (χ4v) is 4.80. The zero-order valence-electron chi connectivity index (χ0n) is 20.5. The maximum atomic E-state index is 15.0. The van der Waals surface area contributed by atoms with Gasteiger partial charge < -0.3 is 9.47 Å². The maximum Gasteiger partial charge on any atom is 0.341 e. The van der Waals surface area contributed by atoms with Crippen LogP contribution in [0.3, 0.4) is 0 Å². The lowest BCUT2D eigenvalue weighted by atomic mass is 9.82. The highest BCUT2D eigenvalue weighted by Crippen LogP contribution is 2.46. The molecule has 0 spiro atoms. The van der Waals surface area contributed by atoms with Crippen molar-refractivity contribution in [3.63, 3.8) is 0 Å². The van der Waals surface area contributed by atoms with Crippen molar-refractivity contribution >= 4 is 5.97 Å². The Hall–Kier alpha value is -2.40. The van der Waals surface area contributed by atoms with Crippen molar-refractivity contribution in [3.05, 3.63) is 65.0 Å². The van der Waals surface area contributed by atoms with Crippen LogP contribution in [-0.4, -0.2) is 35.7 Å². The number of piperidine rings is 1. The van der Waals surface area contributed by atoms with E-state index in [-0.39, 0.29) is 17.1 Å². The summed E-state index contributed by atoms with van der Waals surface area (Å²) in [6, 6.07) is 13.5. The third-order valence-electron chi connectivity index (χ3n) is 6.17. The highest BCUT2D eigenvalue weighted by molar-refractivity contribution is 5.90. The molecule has 1 aliphatic heterocycles. The quantitative estimate of drug-likeness (QED) is 0.479. The molecule has 0 amide bonds. The van der Waals surface area contributed by atoms with Gasteiger partial charge in [-0.25, -0.2) is 9.18 Å². The van der Waals surface area contributed by atoms with Crippen LogP contribution in [0.2, 0.25) is 0 Å². The van der Waals surface area contributed by atoms with Crippen molar-refractivity contribution in [2.75, 3.05) is 13.1 Å².